The van der Waals surface area contributed by atoms with Crippen LogP contribution in [0.5, 0.6) is 5.75 Å². The van der Waals surface area contributed by atoms with Crippen LogP contribution in [-0.2, 0) is 4.79 Å². The van der Waals surface area contributed by atoms with E-state index < -0.39 is 11.8 Å². The fourth-order valence-electron chi connectivity index (χ4n) is 2.81. The molecule has 1 fully saturated rings. The van der Waals surface area contributed by atoms with Gasteiger partial charge in [-0.05, 0) is 43.0 Å². The lowest BCUT2D eigenvalue weighted by Crippen LogP contribution is -2.50. The minimum Gasteiger partial charge on any atom is -0.483 e. The summed E-state index contributed by atoms with van der Waals surface area (Å²) < 4.78 is 33.0. The van der Waals surface area contributed by atoms with Crippen molar-refractivity contribution in [3.63, 3.8) is 0 Å². The van der Waals surface area contributed by atoms with E-state index in [1.165, 1.54) is 0 Å². The number of ether oxygens (including phenoxy) is 1. The van der Waals surface area contributed by atoms with Crippen molar-refractivity contribution < 1.29 is 18.3 Å². The van der Waals surface area contributed by atoms with Crippen molar-refractivity contribution >= 4 is 5.91 Å². The van der Waals surface area contributed by atoms with Gasteiger partial charge >= 0.3 is 0 Å². The lowest BCUT2D eigenvalue weighted by molar-refractivity contribution is -0.124. The number of nitrogens with one attached hydrogen (secondary N) is 2. The second-order valence-electron chi connectivity index (χ2n) is 6.71. The Morgan fingerprint density at radius 2 is 2.21 bits per heavy atom. The van der Waals surface area contributed by atoms with Gasteiger partial charge in [-0.2, -0.15) is 0 Å². The number of halogens is 2. The SMILES string of the molecule is Cc1ccc(C(C)C)c(OCC(=O)NCC2CCNCC2(F)F)c1. The molecule has 1 unspecified atom stereocenters. The number of rotatable bonds is 6. The molecule has 6 heteroatoms. The number of benzene rings is 1. The average molecular weight is 340 g/mol. The number of piperidine rings is 1. The molecule has 1 aliphatic heterocycles. The Morgan fingerprint density at radius 1 is 1.46 bits per heavy atom. The van der Waals surface area contributed by atoms with E-state index in [-0.39, 0.29) is 31.5 Å². The average Bonchev–Trinajstić information content (AvgIpc) is 2.51. The van der Waals surface area contributed by atoms with Crippen LogP contribution in [0.1, 0.15) is 37.3 Å². The summed E-state index contributed by atoms with van der Waals surface area (Å²) in [5.41, 5.74) is 2.07. The van der Waals surface area contributed by atoms with Crippen LogP contribution in [-0.4, -0.2) is 38.1 Å². The Balaban J connectivity index is 1.86. The summed E-state index contributed by atoms with van der Waals surface area (Å²) >= 11 is 0. The monoisotopic (exact) mass is 340 g/mol. The lowest BCUT2D eigenvalue weighted by Gasteiger charge is -2.31. The highest BCUT2D eigenvalue weighted by molar-refractivity contribution is 5.77. The van der Waals surface area contributed by atoms with E-state index in [1.807, 2.05) is 25.1 Å². The molecule has 134 valence electrons. The van der Waals surface area contributed by atoms with Crippen molar-refractivity contribution in [1.29, 1.82) is 0 Å². The standard InChI is InChI=1S/C18H26F2N2O2/c1-12(2)15-5-4-13(3)8-16(15)24-10-17(23)22-9-14-6-7-21-11-18(14,19)20/h4-5,8,12,14,21H,6-7,9-11H2,1-3H3,(H,22,23). The highest BCUT2D eigenvalue weighted by Gasteiger charge is 2.41. The third-order valence-corrected chi connectivity index (χ3v) is 4.32. The fourth-order valence-corrected chi connectivity index (χ4v) is 2.81. The molecular formula is C18H26F2N2O2. The van der Waals surface area contributed by atoms with Crippen molar-refractivity contribution in [2.24, 2.45) is 5.92 Å². The van der Waals surface area contributed by atoms with Gasteiger partial charge in [-0.1, -0.05) is 26.0 Å². The lowest BCUT2D eigenvalue weighted by atomic mass is 9.94. The highest BCUT2D eigenvalue weighted by atomic mass is 19.3. The van der Waals surface area contributed by atoms with Crippen LogP contribution in [0.2, 0.25) is 0 Å². The zero-order valence-electron chi connectivity index (χ0n) is 14.5. The van der Waals surface area contributed by atoms with Crippen LogP contribution >= 0.6 is 0 Å². The summed E-state index contributed by atoms with van der Waals surface area (Å²) in [7, 11) is 0. The highest BCUT2D eigenvalue weighted by Crippen LogP contribution is 2.29. The van der Waals surface area contributed by atoms with E-state index in [1.54, 1.807) is 0 Å². The molecule has 4 nitrogen and oxygen atoms in total. The zero-order valence-corrected chi connectivity index (χ0v) is 14.5. The number of carbonyl (C=O) groups excluding carboxylic acids is 1. The van der Waals surface area contributed by atoms with Gasteiger partial charge in [0.2, 0.25) is 0 Å². The van der Waals surface area contributed by atoms with Gasteiger partial charge in [-0.3, -0.25) is 4.79 Å². The maximum Gasteiger partial charge on any atom is 0.264 e. The van der Waals surface area contributed by atoms with Crippen molar-refractivity contribution in [2.75, 3.05) is 26.2 Å². The largest absolute Gasteiger partial charge is 0.483 e. The molecule has 0 spiro atoms. The normalized spacial score (nSPS) is 20.0. The number of hydrogen-bond acceptors (Lipinski definition) is 3. The predicted molar refractivity (Wildman–Crippen MR) is 89.7 cm³/mol. The molecule has 0 radical (unpaired) electrons. The van der Waals surface area contributed by atoms with E-state index in [4.69, 9.17) is 4.74 Å². The topological polar surface area (TPSA) is 50.4 Å². The first-order valence-electron chi connectivity index (χ1n) is 8.38. The maximum absolute atomic E-state index is 13.7. The Hall–Kier alpha value is -1.69. The van der Waals surface area contributed by atoms with Crippen LogP contribution in [0.15, 0.2) is 18.2 Å². The molecule has 1 amide bonds. The van der Waals surface area contributed by atoms with Crippen LogP contribution in [0.4, 0.5) is 8.78 Å². The molecule has 24 heavy (non-hydrogen) atoms. The molecular weight excluding hydrogens is 314 g/mol. The number of hydrogen-bond donors (Lipinski definition) is 2. The van der Waals surface area contributed by atoms with Crippen molar-refractivity contribution in [3.05, 3.63) is 29.3 Å². The van der Waals surface area contributed by atoms with Crippen molar-refractivity contribution in [2.45, 2.75) is 39.0 Å². The van der Waals surface area contributed by atoms with Crippen LogP contribution < -0.4 is 15.4 Å². The van der Waals surface area contributed by atoms with Gasteiger partial charge < -0.3 is 15.4 Å². The molecule has 2 rings (SSSR count). The second-order valence-corrected chi connectivity index (χ2v) is 6.71. The molecule has 0 aromatic heterocycles. The minimum atomic E-state index is -2.78. The third kappa shape index (κ3) is 4.90. The van der Waals surface area contributed by atoms with Gasteiger partial charge in [0.05, 0.1) is 6.54 Å². The van der Waals surface area contributed by atoms with Gasteiger partial charge in [-0.25, -0.2) is 8.78 Å². The Morgan fingerprint density at radius 3 is 2.88 bits per heavy atom. The number of amides is 1. The Labute approximate surface area is 142 Å². The third-order valence-electron chi connectivity index (χ3n) is 4.32. The van der Waals surface area contributed by atoms with Gasteiger partial charge in [0.15, 0.2) is 6.61 Å². The summed E-state index contributed by atoms with van der Waals surface area (Å²) in [6.07, 6.45) is 0.351. The molecule has 1 saturated heterocycles. The molecule has 0 saturated carbocycles. The summed E-state index contributed by atoms with van der Waals surface area (Å²) in [6, 6.07) is 5.88. The smallest absolute Gasteiger partial charge is 0.264 e. The summed E-state index contributed by atoms with van der Waals surface area (Å²) in [5, 5.41) is 5.24. The van der Waals surface area contributed by atoms with Gasteiger partial charge in [0.1, 0.15) is 5.75 Å². The van der Waals surface area contributed by atoms with Gasteiger partial charge in [0, 0.05) is 12.5 Å². The first-order valence-corrected chi connectivity index (χ1v) is 8.38. The van der Waals surface area contributed by atoms with Gasteiger partial charge in [0.25, 0.3) is 11.8 Å². The number of aryl methyl sites for hydroxylation is 1. The van der Waals surface area contributed by atoms with E-state index >= 15 is 0 Å². The van der Waals surface area contributed by atoms with Crippen molar-refractivity contribution in [3.8, 4) is 5.75 Å². The molecule has 0 bridgehead atoms. The fraction of sp³-hybridized carbons (Fsp3) is 0.611. The van der Waals surface area contributed by atoms with E-state index in [9.17, 15) is 13.6 Å². The summed E-state index contributed by atoms with van der Waals surface area (Å²) in [6.45, 7) is 6.09. The molecule has 1 atom stereocenters. The van der Waals surface area contributed by atoms with E-state index in [0.29, 0.717) is 18.7 Å². The quantitative estimate of drug-likeness (QED) is 0.837. The van der Waals surface area contributed by atoms with Crippen LogP contribution in [0.25, 0.3) is 0 Å². The molecule has 0 aliphatic carbocycles. The second kappa shape index (κ2) is 7.92. The number of alkyl halides is 2. The van der Waals surface area contributed by atoms with Crippen molar-refractivity contribution in [1.82, 2.24) is 10.6 Å². The molecule has 1 aromatic rings. The first-order chi connectivity index (χ1) is 11.3. The minimum absolute atomic E-state index is 0.0261. The first kappa shape index (κ1) is 18.6. The van der Waals surface area contributed by atoms with E-state index in [0.717, 1.165) is 11.1 Å². The Kier molecular flexibility index (Phi) is 6.15. The van der Waals surface area contributed by atoms with Crippen LogP contribution in [0, 0.1) is 12.8 Å². The number of carbonyl (C=O) groups is 1. The maximum atomic E-state index is 13.7. The molecule has 2 N–H and O–H groups in total. The molecule has 1 heterocycles. The summed E-state index contributed by atoms with van der Waals surface area (Å²) in [4.78, 5) is 11.9. The van der Waals surface area contributed by atoms with E-state index in [2.05, 4.69) is 24.5 Å². The van der Waals surface area contributed by atoms with Crippen LogP contribution in [0.3, 0.4) is 0 Å². The summed E-state index contributed by atoms with van der Waals surface area (Å²) in [5.74, 6) is -3.04. The Bertz CT molecular complexity index is 576. The molecule has 1 aliphatic rings. The van der Waals surface area contributed by atoms with Gasteiger partial charge in [-0.15, -0.1) is 0 Å². The zero-order chi connectivity index (χ0) is 17.7. The predicted octanol–water partition coefficient (Wildman–Crippen LogP) is 2.86. The molecule has 1 aromatic carbocycles.